The number of nitrogens with zero attached hydrogens (tertiary/aromatic N) is 3. The lowest BCUT2D eigenvalue weighted by Gasteiger charge is -2.19. The number of carbonyl (C=O) groups excluding carboxylic acids is 1. The zero-order chi connectivity index (χ0) is 12.0. The Bertz CT molecular complexity index is 579. The number of anilines is 2. The predicted octanol–water partition coefficient (Wildman–Crippen LogP) is 1.73. The molecule has 6 heteroatoms. The SMILES string of the molecule is CN1C2=C(C=CC2)C(=O)Nc2cnc(Cl)nc21. The molecule has 1 aliphatic carbocycles. The number of aromatic nitrogens is 2. The van der Waals surface area contributed by atoms with Crippen molar-refractivity contribution < 1.29 is 4.79 Å². The van der Waals surface area contributed by atoms with Crippen LogP contribution in [0.4, 0.5) is 11.5 Å². The van der Waals surface area contributed by atoms with Gasteiger partial charge in [-0.1, -0.05) is 12.2 Å². The van der Waals surface area contributed by atoms with Crippen LogP contribution in [0, 0.1) is 0 Å². The average Bonchev–Trinajstić information content (AvgIpc) is 2.76. The topological polar surface area (TPSA) is 58.1 Å². The highest BCUT2D eigenvalue weighted by molar-refractivity contribution is 6.28. The Balaban J connectivity index is 2.18. The lowest BCUT2D eigenvalue weighted by atomic mass is 10.2. The third kappa shape index (κ3) is 1.51. The minimum absolute atomic E-state index is 0.134. The fourth-order valence-corrected chi connectivity index (χ4v) is 2.16. The van der Waals surface area contributed by atoms with Crippen LogP contribution in [0.1, 0.15) is 6.42 Å². The fourth-order valence-electron chi connectivity index (χ4n) is 2.03. The summed E-state index contributed by atoms with van der Waals surface area (Å²) in [6.07, 6.45) is 6.02. The number of fused-ring (bicyclic) bond motifs is 1. The van der Waals surface area contributed by atoms with E-state index in [1.54, 1.807) is 0 Å². The fraction of sp³-hybridized carbons (Fsp3) is 0.182. The van der Waals surface area contributed by atoms with Crippen molar-refractivity contribution in [2.24, 2.45) is 0 Å². The summed E-state index contributed by atoms with van der Waals surface area (Å²) in [5.41, 5.74) is 2.17. The summed E-state index contributed by atoms with van der Waals surface area (Å²) in [4.78, 5) is 21.9. The molecule has 0 unspecified atom stereocenters. The molecule has 1 aromatic heterocycles. The van der Waals surface area contributed by atoms with Crippen molar-refractivity contribution in [3.8, 4) is 0 Å². The third-order valence-corrected chi connectivity index (χ3v) is 3.04. The van der Waals surface area contributed by atoms with Crippen LogP contribution in [0.3, 0.4) is 0 Å². The smallest absolute Gasteiger partial charge is 0.257 e. The lowest BCUT2D eigenvalue weighted by molar-refractivity contribution is -0.112. The second kappa shape index (κ2) is 3.56. The zero-order valence-electron chi connectivity index (χ0n) is 9.07. The molecule has 0 aromatic carbocycles. The number of rotatable bonds is 0. The van der Waals surface area contributed by atoms with Crippen molar-refractivity contribution >= 4 is 29.0 Å². The highest BCUT2D eigenvalue weighted by Gasteiger charge is 2.27. The van der Waals surface area contributed by atoms with E-state index < -0.39 is 0 Å². The first-order valence-electron chi connectivity index (χ1n) is 5.14. The first-order valence-corrected chi connectivity index (χ1v) is 5.52. The Morgan fingerprint density at radius 2 is 2.35 bits per heavy atom. The van der Waals surface area contributed by atoms with E-state index in [2.05, 4.69) is 15.3 Å². The number of allylic oxidation sites excluding steroid dienone is 1. The van der Waals surface area contributed by atoms with Gasteiger partial charge in [-0.05, 0) is 11.6 Å². The molecule has 0 fully saturated rings. The molecule has 3 rings (SSSR count). The van der Waals surface area contributed by atoms with Gasteiger partial charge >= 0.3 is 0 Å². The summed E-state index contributed by atoms with van der Waals surface area (Å²) in [7, 11) is 1.87. The molecule has 5 nitrogen and oxygen atoms in total. The molecule has 0 bridgehead atoms. The van der Waals surface area contributed by atoms with Gasteiger partial charge in [-0.15, -0.1) is 0 Å². The number of hydrogen-bond donors (Lipinski definition) is 1. The van der Waals surface area contributed by atoms with E-state index in [1.807, 2.05) is 24.1 Å². The van der Waals surface area contributed by atoms with Crippen LogP contribution >= 0.6 is 11.6 Å². The molecule has 0 saturated heterocycles. The number of nitrogens with one attached hydrogen (secondary N) is 1. The molecule has 0 atom stereocenters. The summed E-state index contributed by atoms with van der Waals surface area (Å²) >= 11 is 5.78. The highest BCUT2D eigenvalue weighted by atomic mass is 35.5. The first kappa shape index (κ1) is 10.3. The number of carbonyl (C=O) groups is 1. The molecular formula is C11H9ClN4O. The summed E-state index contributed by atoms with van der Waals surface area (Å²) in [5, 5.41) is 2.94. The Morgan fingerprint density at radius 1 is 1.53 bits per heavy atom. The van der Waals surface area contributed by atoms with E-state index in [-0.39, 0.29) is 11.2 Å². The van der Waals surface area contributed by atoms with E-state index in [0.717, 1.165) is 12.1 Å². The zero-order valence-corrected chi connectivity index (χ0v) is 9.82. The van der Waals surface area contributed by atoms with Gasteiger partial charge in [-0.2, -0.15) is 4.98 Å². The first-order chi connectivity index (χ1) is 8.16. The van der Waals surface area contributed by atoms with E-state index >= 15 is 0 Å². The monoisotopic (exact) mass is 248 g/mol. The Morgan fingerprint density at radius 3 is 3.18 bits per heavy atom. The third-order valence-electron chi connectivity index (χ3n) is 2.86. The second-order valence-electron chi connectivity index (χ2n) is 3.86. The molecule has 0 saturated carbocycles. The van der Waals surface area contributed by atoms with Gasteiger partial charge in [-0.3, -0.25) is 4.79 Å². The Kier molecular flexibility index (Phi) is 2.16. The van der Waals surface area contributed by atoms with Crippen molar-refractivity contribution in [3.05, 3.63) is 34.9 Å². The normalized spacial score (nSPS) is 17.8. The van der Waals surface area contributed by atoms with Crippen LogP contribution in [0.5, 0.6) is 0 Å². The molecule has 2 aliphatic rings. The molecule has 0 spiro atoms. The van der Waals surface area contributed by atoms with Gasteiger partial charge in [0.05, 0.1) is 11.8 Å². The number of amides is 1. The van der Waals surface area contributed by atoms with Crippen molar-refractivity contribution in [1.82, 2.24) is 9.97 Å². The van der Waals surface area contributed by atoms with E-state index in [9.17, 15) is 4.79 Å². The Hall–Kier alpha value is -1.88. The minimum atomic E-state index is -0.134. The van der Waals surface area contributed by atoms with Crippen molar-refractivity contribution in [2.75, 3.05) is 17.3 Å². The summed E-state index contributed by atoms with van der Waals surface area (Å²) in [6, 6.07) is 0. The maximum absolute atomic E-state index is 12.0. The van der Waals surface area contributed by atoms with E-state index in [1.165, 1.54) is 6.20 Å². The largest absolute Gasteiger partial charge is 0.330 e. The van der Waals surface area contributed by atoms with Crippen LogP contribution in [0.25, 0.3) is 0 Å². The van der Waals surface area contributed by atoms with Gasteiger partial charge in [-0.25, -0.2) is 4.98 Å². The van der Waals surface area contributed by atoms with Crippen molar-refractivity contribution in [1.29, 1.82) is 0 Å². The van der Waals surface area contributed by atoms with Crippen LogP contribution in [0.2, 0.25) is 5.28 Å². The molecule has 1 amide bonds. The highest BCUT2D eigenvalue weighted by Crippen LogP contribution is 2.34. The van der Waals surface area contributed by atoms with Gasteiger partial charge in [0.1, 0.15) is 5.69 Å². The molecule has 1 aromatic rings. The number of hydrogen-bond acceptors (Lipinski definition) is 4. The van der Waals surface area contributed by atoms with Gasteiger partial charge in [0.25, 0.3) is 5.91 Å². The van der Waals surface area contributed by atoms with Crippen molar-refractivity contribution in [2.45, 2.75) is 6.42 Å². The summed E-state index contributed by atoms with van der Waals surface area (Å²) in [5.74, 6) is 0.484. The average molecular weight is 249 g/mol. The van der Waals surface area contributed by atoms with Gasteiger partial charge in [0, 0.05) is 19.2 Å². The Labute approximate surface area is 103 Å². The molecule has 2 heterocycles. The molecule has 17 heavy (non-hydrogen) atoms. The molecule has 1 aliphatic heterocycles. The summed E-state index contributed by atoms with van der Waals surface area (Å²) < 4.78 is 0. The molecule has 1 N–H and O–H groups in total. The standard InChI is InChI=1S/C11H9ClN4O/c1-16-8-4-2-3-6(8)10(17)14-7-5-13-11(12)15-9(7)16/h2-3,5H,4H2,1H3,(H,14,17). The maximum Gasteiger partial charge on any atom is 0.257 e. The molecule has 86 valence electrons. The quantitative estimate of drug-likeness (QED) is 0.711. The van der Waals surface area contributed by atoms with Crippen LogP contribution < -0.4 is 10.2 Å². The van der Waals surface area contributed by atoms with Crippen LogP contribution in [-0.2, 0) is 4.79 Å². The second-order valence-corrected chi connectivity index (χ2v) is 4.19. The maximum atomic E-state index is 12.0. The lowest BCUT2D eigenvalue weighted by Crippen LogP contribution is -2.17. The van der Waals surface area contributed by atoms with Crippen LogP contribution in [0.15, 0.2) is 29.6 Å². The summed E-state index contributed by atoms with van der Waals surface area (Å²) in [6.45, 7) is 0. The predicted molar refractivity (Wildman–Crippen MR) is 64.9 cm³/mol. The van der Waals surface area contributed by atoms with E-state index in [0.29, 0.717) is 17.1 Å². The molecule has 0 radical (unpaired) electrons. The number of halogens is 1. The molecular weight excluding hydrogens is 240 g/mol. The van der Waals surface area contributed by atoms with Gasteiger partial charge in [0.2, 0.25) is 5.28 Å². The van der Waals surface area contributed by atoms with Gasteiger partial charge in [0.15, 0.2) is 5.82 Å². The minimum Gasteiger partial charge on any atom is -0.330 e. The van der Waals surface area contributed by atoms with Crippen molar-refractivity contribution in [3.63, 3.8) is 0 Å². The van der Waals surface area contributed by atoms with Crippen LogP contribution in [-0.4, -0.2) is 22.9 Å². The van der Waals surface area contributed by atoms with E-state index in [4.69, 9.17) is 11.6 Å². The van der Waals surface area contributed by atoms with Gasteiger partial charge < -0.3 is 10.2 Å².